The highest BCUT2D eigenvalue weighted by Gasteiger charge is 2.27. The minimum atomic E-state index is 0.0389. The predicted octanol–water partition coefficient (Wildman–Crippen LogP) is 4.47. The number of hydrogen-bond donors (Lipinski definition) is 0. The van der Waals surface area contributed by atoms with Crippen molar-refractivity contribution >= 4 is 27.6 Å². The van der Waals surface area contributed by atoms with E-state index in [1.165, 1.54) is 5.56 Å². The summed E-state index contributed by atoms with van der Waals surface area (Å²) in [4.78, 5) is 15.7. The molecule has 1 atom stereocenters. The first-order chi connectivity index (χ1) is 13.8. The average molecular weight is 371 g/mol. The number of carbonyl (C=O) groups is 1. The molecule has 5 nitrogen and oxygen atoms in total. The molecule has 0 aliphatic carbocycles. The van der Waals surface area contributed by atoms with E-state index in [2.05, 4.69) is 33.4 Å². The predicted molar refractivity (Wildman–Crippen MR) is 108 cm³/mol. The molecular weight excluding hydrogens is 350 g/mol. The Morgan fingerprint density at radius 1 is 1.04 bits per heavy atom. The van der Waals surface area contributed by atoms with Gasteiger partial charge in [-0.2, -0.15) is 0 Å². The van der Waals surface area contributed by atoms with Crippen molar-refractivity contribution in [1.82, 2.24) is 15.2 Å². The van der Waals surface area contributed by atoms with Crippen LogP contribution in [0.25, 0.3) is 21.8 Å². The van der Waals surface area contributed by atoms with Gasteiger partial charge in [0, 0.05) is 24.6 Å². The van der Waals surface area contributed by atoms with E-state index in [0.29, 0.717) is 0 Å². The first kappa shape index (κ1) is 17.1. The SMILES string of the molecule is O=C(c1cccc2ccccc12)[C@@H]1CCCN(Cc2ccc3nonc3c2)C1. The molecule has 3 aromatic carbocycles. The first-order valence-electron chi connectivity index (χ1n) is 9.73. The maximum Gasteiger partial charge on any atom is 0.167 e. The summed E-state index contributed by atoms with van der Waals surface area (Å²) in [6, 6.07) is 20.1. The number of nitrogens with zero attached hydrogens (tertiary/aromatic N) is 3. The Labute approximate surface area is 162 Å². The largest absolute Gasteiger partial charge is 0.298 e. The van der Waals surface area contributed by atoms with Crippen LogP contribution >= 0.6 is 0 Å². The molecule has 28 heavy (non-hydrogen) atoms. The zero-order valence-corrected chi connectivity index (χ0v) is 15.5. The van der Waals surface area contributed by atoms with Crippen molar-refractivity contribution in [3.8, 4) is 0 Å². The molecule has 0 radical (unpaired) electrons. The fourth-order valence-corrected chi connectivity index (χ4v) is 4.26. The van der Waals surface area contributed by atoms with Gasteiger partial charge in [0.05, 0.1) is 0 Å². The highest BCUT2D eigenvalue weighted by Crippen LogP contribution is 2.27. The summed E-state index contributed by atoms with van der Waals surface area (Å²) in [5.41, 5.74) is 3.56. The fraction of sp³-hybridized carbons (Fsp3) is 0.261. The molecule has 0 unspecified atom stereocenters. The fourth-order valence-electron chi connectivity index (χ4n) is 4.26. The van der Waals surface area contributed by atoms with Crippen LogP contribution in [0.1, 0.15) is 28.8 Å². The van der Waals surface area contributed by atoms with Crippen molar-refractivity contribution in [3.63, 3.8) is 0 Å². The minimum Gasteiger partial charge on any atom is -0.298 e. The lowest BCUT2D eigenvalue weighted by Crippen LogP contribution is -2.38. The van der Waals surface area contributed by atoms with Crippen LogP contribution in [0.15, 0.2) is 65.3 Å². The Morgan fingerprint density at radius 2 is 1.89 bits per heavy atom. The second kappa shape index (κ2) is 7.17. The van der Waals surface area contributed by atoms with E-state index in [4.69, 9.17) is 4.63 Å². The zero-order chi connectivity index (χ0) is 18.9. The molecule has 0 bridgehead atoms. The molecule has 0 saturated carbocycles. The lowest BCUT2D eigenvalue weighted by Gasteiger charge is -2.32. The minimum absolute atomic E-state index is 0.0389. The van der Waals surface area contributed by atoms with Crippen molar-refractivity contribution in [2.45, 2.75) is 19.4 Å². The summed E-state index contributed by atoms with van der Waals surface area (Å²) in [7, 11) is 0. The van der Waals surface area contributed by atoms with Gasteiger partial charge in [-0.05, 0) is 58.2 Å². The standard InChI is InChI=1S/C23H21N3O2/c27-23(20-9-3-6-17-5-1-2-8-19(17)20)18-7-4-12-26(15-18)14-16-10-11-21-22(13-16)25-28-24-21/h1-3,5-6,8-11,13,18H,4,7,12,14-15H2/t18-/m1/s1. The highest BCUT2D eigenvalue weighted by atomic mass is 16.6. The number of aromatic nitrogens is 2. The molecule has 1 aliphatic heterocycles. The lowest BCUT2D eigenvalue weighted by molar-refractivity contribution is 0.0813. The maximum atomic E-state index is 13.3. The second-order valence-electron chi connectivity index (χ2n) is 7.55. The number of rotatable bonds is 4. The van der Waals surface area contributed by atoms with Gasteiger partial charge in [0.1, 0.15) is 11.0 Å². The normalized spacial score (nSPS) is 17.9. The number of fused-ring (bicyclic) bond motifs is 2. The molecular formula is C23H21N3O2. The van der Waals surface area contributed by atoms with Gasteiger partial charge in [-0.3, -0.25) is 9.69 Å². The van der Waals surface area contributed by atoms with Crippen molar-refractivity contribution in [3.05, 3.63) is 71.8 Å². The number of carbonyl (C=O) groups excluding carboxylic acids is 1. The number of likely N-dealkylation sites (tertiary alicyclic amines) is 1. The van der Waals surface area contributed by atoms with Crippen LogP contribution in [0, 0.1) is 5.92 Å². The summed E-state index contributed by atoms with van der Waals surface area (Å²) < 4.78 is 4.78. The van der Waals surface area contributed by atoms with Crippen molar-refractivity contribution in [2.75, 3.05) is 13.1 Å². The van der Waals surface area contributed by atoms with Crippen LogP contribution in [0.4, 0.5) is 0 Å². The van der Waals surface area contributed by atoms with Gasteiger partial charge in [-0.15, -0.1) is 0 Å². The molecule has 1 saturated heterocycles. The number of hydrogen-bond acceptors (Lipinski definition) is 5. The highest BCUT2D eigenvalue weighted by molar-refractivity contribution is 6.09. The zero-order valence-electron chi connectivity index (χ0n) is 15.5. The summed E-state index contributed by atoms with van der Waals surface area (Å²) in [5.74, 6) is 0.301. The van der Waals surface area contributed by atoms with Gasteiger partial charge >= 0.3 is 0 Å². The van der Waals surface area contributed by atoms with E-state index in [1.807, 2.05) is 42.5 Å². The van der Waals surface area contributed by atoms with Crippen LogP contribution in [0.2, 0.25) is 0 Å². The number of ketones is 1. The first-order valence-corrected chi connectivity index (χ1v) is 9.73. The summed E-state index contributed by atoms with van der Waals surface area (Å²) in [5, 5.41) is 9.95. The Morgan fingerprint density at radius 3 is 2.86 bits per heavy atom. The van der Waals surface area contributed by atoms with E-state index < -0.39 is 0 Å². The average Bonchev–Trinajstić information content (AvgIpc) is 3.21. The summed E-state index contributed by atoms with van der Waals surface area (Å²) in [6.45, 7) is 2.60. The summed E-state index contributed by atoms with van der Waals surface area (Å²) in [6.07, 6.45) is 1.99. The summed E-state index contributed by atoms with van der Waals surface area (Å²) >= 11 is 0. The van der Waals surface area contributed by atoms with Crippen LogP contribution < -0.4 is 0 Å². The topological polar surface area (TPSA) is 59.2 Å². The Balaban J connectivity index is 1.35. The number of benzene rings is 3. The maximum absolute atomic E-state index is 13.3. The van der Waals surface area contributed by atoms with E-state index in [-0.39, 0.29) is 11.7 Å². The molecule has 1 aliphatic rings. The molecule has 5 heteroatoms. The molecule has 1 fully saturated rings. The van der Waals surface area contributed by atoms with Gasteiger partial charge in [0.2, 0.25) is 0 Å². The van der Waals surface area contributed by atoms with Crippen LogP contribution in [-0.4, -0.2) is 34.1 Å². The van der Waals surface area contributed by atoms with Crippen molar-refractivity contribution < 1.29 is 9.42 Å². The number of piperidine rings is 1. The van der Waals surface area contributed by atoms with Crippen LogP contribution in [-0.2, 0) is 6.54 Å². The van der Waals surface area contributed by atoms with Gasteiger partial charge in [-0.25, -0.2) is 4.63 Å². The third-order valence-electron chi connectivity index (χ3n) is 5.66. The molecule has 5 rings (SSSR count). The van der Waals surface area contributed by atoms with Crippen LogP contribution in [0.3, 0.4) is 0 Å². The molecule has 0 N–H and O–H groups in total. The lowest BCUT2D eigenvalue weighted by atomic mass is 9.88. The third kappa shape index (κ3) is 3.18. The van der Waals surface area contributed by atoms with Crippen molar-refractivity contribution in [1.29, 1.82) is 0 Å². The molecule has 0 spiro atoms. The second-order valence-corrected chi connectivity index (χ2v) is 7.55. The number of Topliss-reactive ketones (excluding diaryl/α,β-unsaturated/α-hetero) is 1. The smallest absolute Gasteiger partial charge is 0.167 e. The molecule has 1 aromatic heterocycles. The molecule has 0 amide bonds. The molecule has 2 heterocycles. The van der Waals surface area contributed by atoms with E-state index in [9.17, 15) is 4.79 Å². The molecule has 4 aromatic rings. The van der Waals surface area contributed by atoms with Gasteiger partial charge in [0.25, 0.3) is 0 Å². The Bertz CT molecular complexity index is 1150. The third-order valence-corrected chi connectivity index (χ3v) is 5.66. The van der Waals surface area contributed by atoms with E-state index >= 15 is 0 Å². The van der Waals surface area contributed by atoms with Crippen molar-refractivity contribution in [2.24, 2.45) is 5.92 Å². The molecule has 140 valence electrons. The van der Waals surface area contributed by atoms with Gasteiger partial charge in [-0.1, -0.05) is 48.5 Å². The Hall–Kier alpha value is -3.05. The quantitative estimate of drug-likeness (QED) is 0.495. The van der Waals surface area contributed by atoms with E-state index in [0.717, 1.165) is 59.8 Å². The monoisotopic (exact) mass is 371 g/mol. The van der Waals surface area contributed by atoms with E-state index in [1.54, 1.807) is 0 Å². The Kier molecular flexibility index (Phi) is 4.37. The van der Waals surface area contributed by atoms with Gasteiger partial charge < -0.3 is 0 Å². The van der Waals surface area contributed by atoms with Gasteiger partial charge in [0.15, 0.2) is 5.78 Å². The van der Waals surface area contributed by atoms with Crippen LogP contribution in [0.5, 0.6) is 0 Å².